The molecule has 0 unspecified atom stereocenters. The van der Waals surface area contributed by atoms with E-state index < -0.39 is 0 Å². The van der Waals surface area contributed by atoms with Crippen LogP contribution in [0.1, 0.15) is 60.7 Å². The molecule has 28 heavy (non-hydrogen) atoms. The van der Waals surface area contributed by atoms with Crippen LogP contribution in [0.4, 0.5) is 0 Å². The molecule has 0 bridgehead atoms. The molecule has 3 aromatic rings. The lowest BCUT2D eigenvalue weighted by Crippen LogP contribution is -2.28. The third kappa shape index (κ3) is 3.94. The molecule has 1 amide bonds. The highest BCUT2D eigenvalue weighted by Gasteiger charge is 2.22. The number of carbonyl (C=O) groups is 1. The van der Waals surface area contributed by atoms with Gasteiger partial charge in [0.15, 0.2) is 5.69 Å². The smallest absolute Gasteiger partial charge is 0.273 e. The molecule has 0 aliphatic heterocycles. The van der Waals surface area contributed by atoms with Crippen molar-refractivity contribution < 1.29 is 4.79 Å². The molecule has 0 saturated heterocycles. The van der Waals surface area contributed by atoms with Gasteiger partial charge < -0.3 is 11.1 Å². The van der Waals surface area contributed by atoms with Gasteiger partial charge in [-0.3, -0.25) is 4.79 Å². The maximum atomic E-state index is 12.6. The number of aromatic nitrogens is 6. The van der Waals surface area contributed by atoms with E-state index in [2.05, 4.69) is 25.7 Å². The molecule has 1 saturated carbocycles. The number of nitrogens with zero attached hydrogens (tertiary/aromatic N) is 6. The van der Waals surface area contributed by atoms with Crippen LogP contribution >= 0.6 is 0 Å². The zero-order chi connectivity index (χ0) is 19.5. The van der Waals surface area contributed by atoms with E-state index in [1.54, 1.807) is 21.9 Å². The van der Waals surface area contributed by atoms with Crippen molar-refractivity contribution in [1.82, 2.24) is 35.1 Å². The number of nitrogens with one attached hydrogen (secondary N) is 1. The quantitative estimate of drug-likeness (QED) is 0.697. The average Bonchev–Trinajstić information content (AvgIpc) is 3.41. The minimum atomic E-state index is -0.230. The van der Waals surface area contributed by atoms with E-state index in [9.17, 15) is 4.79 Å². The van der Waals surface area contributed by atoms with E-state index in [1.807, 2.05) is 31.2 Å². The number of nitrogens with two attached hydrogens (primary N) is 1. The average molecular weight is 380 g/mol. The first kappa shape index (κ1) is 18.3. The molecule has 1 fully saturated rings. The van der Waals surface area contributed by atoms with Gasteiger partial charge in [0.2, 0.25) is 0 Å². The summed E-state index contributed by atoms with van der Waals surface area (Å²) in [6, 6.07) is 8.20. The van der Waals surface area contributed by atoms with Gasteiger partial charge in [0.1, 0.15) is 12.7 Å². The van der Waals surface area contributed by atoms with Crippen molar-refractivity contribution in [3.05, 3.63) is 54.4 Å². The van der Waals surface area contributed by atoms with E-state index in [0.717, 1.165) is 36.9 Å². The van der Waals surface area contributed by atoms with E-state index in [0.29, 0.717) is 5.69 Å². The van der Waals surface area contributed by atoms with E-state index in [1.165, 1.54) is 6.33 Å². The molecule has 9 heteroatoms. The zero-order valence-corrected chi connectivity index (χ0v) is 15.8. The molecule has 1 aromatic carbocycles. The van der Waals surface area contributed by atoms with Gasteiger partial charge in [-0.2, -0.15) is 5.10 Å². The van der Waals surface area contributed by atoms with E-state index >= 15 is 0 Å². The minimum Gasteiger partial charge on any atom is -0.344 e. The Morgan fingerprint density at radius 2 is 1.96 bits per heavy atom. The Bertz CT molecular complexity index is 910. The molecule has 1 atom stereocenters. The van der Waals surface area contributed by atoms with Crippen molar-refractivity contribution >= 4 is 5.91 Å². The van der Waals surface area contributed by atoms with Crippen molar-refractivity contribution in [2.24, 2.45) is 5.73 Å². The molecule has 1 aliphatic rings. The Kier molecular flexibility index (Phi) is 5.16. The van der Waals surface area contributed by atoms with Crippen LogP contribution in [0, 0.1) is 0 Å². The van der Waals surface area contributed by atoms with Gasteiger partial charge in [-0.25, -0.2) is 14.3 Å². The topological polar surface area (TPSA) is 117 Å². The molecule has 0 radical (unpaired) electrons. The van der Waals surface area contributed by atoms with Crippen molar-refractivity contribution in [3.8, 4) is 5.69 Å². The molecule has 4 rings (SSSR count). The molecular formula is C19H24N8O. The standard InChI is InChI=1S/C19H24N8O/c1-13(14-2-6-17(7-3-14)27-12-21-11-22-27)23-19(28)18-10-26(25-24-18)16-8-4-15(20)5-9-16/h2-3,6-7,10-13,15-16H,4-5,8-9,20H2,1H3,(H,23,28)/t13-,15?,16?/m1/s1. The maximum Gasteiger partial charge on any atom is 0.273 e. The largest absolute Gasteiger partial charge is 0.344 e. The summed E-state index contributed by atoms with van der Waals surface area (Å²) < 4.78 is 3.49. The number of hydrogen-bond donors (Lipinski definition) is 2. The molecule has 3 N–H and O–H groups in total. The predicted octanol–water partition coefficient (Wildman–Crippen LogP) is 1.79. The van der Waals surface area contributed by atoms with E-state index in [4.69, 9.17) is 5.73 Å². The number of amides is 1. The zero-order valence-electron chi connectivity index (χ0n) is 15.8. The van der Waals surface area contributed by atoms with E-state index in [-0.39, 0.29) is 24.0 Å². The molecule has 2 aromatic heterocycles. The lowest BCUT2D eigenvalue weighted by molar-refractivity contribution is 0.0934. The first-order valence-corrected chi connectivity index (χ1v) is 9.53. The lowest BCUT2D eigenvalue weighted by atomic mass is 9.92. The summed E-state index contributed by atoms with van der Waals surface area (Å²) in [5.74, 6) is -0.230. The predicted molar refractivity (Wildman–Crippen MR) is 103 cm³/mol. The summed E-state index contributed by atoms with van der Waals surface area (Å²) in [7, 11) is 0. The first-order valence-electron chi connectivity index (χ1n) is 9.53. The second-order valence-corrected chi connectivity index (χ2v) is 7.28. The minimum absolute atomic E-state index is 0.157. The summed E-state index contributed by atoms with van der Waals surface area (Å²) in [6.45, 7) is 1.94. The molecule has 1 aliphatic carbocycles. The van der Waals surface area contributed by atoms with Crippen LogP contribution in [0.5, 0.6) is 0 Å². The fourth-order valence-corrected chi connectivity index (χ4v) is 3.54. The summed E-state index contributed by atoms with van der Waals surface area (Å²) in [5, 5.41) is 15.3. The van der Waals surface area contributed by atoms with Gasteiger partial charge in [0.25, 0.3) is 5.91 Å². The summed E-state index contributed by atoms with van der Waals surface area (Å²) in [4.78, 5) is 16.5. The number of benzene rings is 1. The van der Waals surface area contributed by atoms with Crippen LogP contribution in [-0.4, -0.2) is 41.7 Å². The highest BCUT2D eigenvalue weighted by Crippen LogP contribution is 2.26. The van der Waals surface area contributed by atoms with Gasteiger partial charge in [0, 0.05) is 6.04 Å². The van der Waals surface area contributed by atoms with Gasteiger partial charge in [0.05, 0.1) is 24.0 Å². The fraction of sp³-hybridized carbons (Fsp3) is 0.421. The van der Waals surface area contributed by atoms with Crippen LogP contribution in [0.2, 0.25) is 0 Å². The second-order valence-electron chi connectivity index (χ2n) is 7.28. The Balaban J connectivity index is 1.38. The van der Waals surface area contributed by atoms with Gasteiger partial charge in [-0.05, 0) is 50.3 Å². The van der Waals surface area contributed by atoms with Crippen molar-refractivity contribution in [1.29, 1.82) is 0 Å². The number of rotatable bonds is 5. The third-order valence-corrected chi connectivity index (χ3v) is 5.28. The molecule has 146 valence electrons. The normalized spacial score (nSPS) is 20.6. The van der Waals surface area contributed by atoms with Gasteiger partial charge in [-0.1, -0.05) is 17.3 Å². The molecule has 0 spiro atoms. The molecular weight excluding hydrogens is 356 g/mol. The van der Waals surface area contributed by atoms with Gasteiger partial charge >= 0.3 is 0 Å². The Labute approximate surface area is 162 Å². The Hall–Kier alpha value is -3.07. The maximum absolute atomic E-state index is 12.6. The van der Waals surface area contributed by atoms with Crippen LogP contribution in [0.25, 0.3) is 5.69 Å². The first-order chi connectivity index (χ1) is 13.6. The van der Waals surface area contributed by atoms with Crippen molar-refractivity contribution in [2.45, 2.75) is 50.7 Å². The summed E-state index contributed by atoms with van der Waals surface area (Å²) >= 11 is 0. The van der Waals surface area contributed by atoms with Crippen LogP contribution in [-0.2, 0) is 0 Å². The number of hydrogen-bond acceptors (Lipinski definition) is 6. The summed E-state index contributed by atoms with van der Waals surface area (Å²) in [6.07, 6.45) is 8.77. The Morgan fingerprint density at radius 3 is 2.64 bits per heavy atom. The highest BCUT2D eigenvalue weighted by molar-refractivity contribution is 5.92. The number of carbonyl (C=O) groups excluding carboxylic acids is 1. The van der Waals surface area contributed by atoms with Crippen molar-refractivity contribution in [3.63, 3.8) is 0 Å². The highest BCUT2D eigenvalue weighted by atomic mass is 16.2. The third-order valence-electron chi connectivity index (χ3n) is 5.28. The molecule has 2 heterocycles. The van der Waals surface area contributed by atoms with Crippen molar-refractivity contribution in [2.75, 3.05) is 0 Å². The van der Waals surface area contributed by atoms with Crippen LogP contribution < -0.4 is 11.1 Å². The second kappa shape index (κ2) is 7.89. The van der Waals surface area contributed by atoms with Gasteiger partial charge in [-0.15, -0.1) is 5.10 Å². The van der Waals surface area contributed by atoms with Crippen LogP contribution in [0.3, 0.4) is 0 Å². The molecule has 9 nitrogen and oxygen atoms in total. The lowest BCUT2D eigenvalue weighted by Gasteiger charge is -2.25. The van der Waals surface area contributed by atoms with Crippen LogP contribution in [0.15, 0.2) is 43.1 Å². The monoisotopic (exact) mass is 380 g/mol. The summed E-state index contributed by atoms with van der Waals surface area (Å²) in [5.41, 5.74) is 8.20. The Morgan fingerprint density at radius 1 is 1.21 bits per heavy atom. The SMILES string of the molecule is C[C@@H](NC(=O)c1cn(C2CCC(N)CC2)nn1)c1ccc(-n2cncn2)cc1. The fourth-order valence-electron chi connectivity index (χ4n) is 3.54.